The molecule has 0 heterocycles. The summed E-state index contributed by atoms with van der Waals surface area (Å²) in [4.78, 5) is 0. The van der Waals surface area contributed by atoms with E-state index in [2.05, 4.69) is 18.3 Å². The van der Waals surface area contributed by atoms with E-state index < -0.39 is 0 Å². The van der Waals surface area contributed by atoms with Gasteiger partial charge in [0.2, 0.25) is 0 Å². The van der Waals surface area contributed by atoms with Crippen LogP contribution in [0.2, 0.25) is 0 Å². The van der Waals surface area contributed by atoms with Gasteiger partial charge in [-0.25, -0.2) is 0 Å². The summed E-state index contributed by atoms with van der Waals surface area (Å²) in [7, 11) is 0. The molecule has 1 saturated carbocycles. The molecule has 1 aliphatic rings. The van der Waals surface area contributed by atoms with Crippen LogP contribution in [0.1, 0.15) is 29.5 Å². The van der Waals surface area contributed by atoms with E-state index in [1.165, 1.54) is 18.4 Å². The molecule has 0 bridgehead atoms. The fourth-order valence-corrected chi connectivity index (χ4v) is 1.74. The van der Waals surface area contributed by atoms with Crippen molar-refractivity contribution < 1.29 is 5.11 Å². The van der Waals surface area contributed by atoms with Crippen LogP contribution < -0.4 is 5.32 Å². The number of hydrogen-bond donors (Lipinski definition) is 2. The fourth-order valence-electron chi connectivity index (χ4n) is 1.74. The van der Waals surface area contributed by atoms with Crippen molar-refractivity contribution in [2.45, 2.75) is 33.2 Å². The van der Waals surface area contributed by atoms with Crippen LogP contribution in [0.4, 0.5) is 0 Å². The predicted octanol–water partition coefficient (Wildman–Crippen LogP) is 2.51. The van der Waals surface area contributed by atoms with E-state index in [1.54, 1.807) is 0 Å². The number of benzene rings is 1. The summed E-state index contributed by atoms with van der Waals surface area (Å²) in [5.74, 6) is 1.31. The van der Waals surface area contributed by atoms with E-state index in [0.717, 1.165) is 30.1 Å². The van der Waals surface area contributed by atoms with E-state index >= 15 is 0 Å². The van der Waals surface area contributed by atoms with Gasteiger partial charge in [-0.2, -0.15) is 0 Å². The van der Waals surface area contributed by atoms with Gasteiger partial charge in [0.25, 0.3) is 0 Å². The summed E-state index contributed by atoms with van der Waals surface area (Å²) in [5.41, 5.74) is 3.41. The molecule has 15 heavy (non-hydrogen) atoms. The first-order valence-electron chi connectivity index (χ1n) is 5.66. The van der Waals surface area contributed by atoms with Crippen LogP contribution in [-0.4, -0.2) is 11.7 Å². The molecule has 0 saturated heterocycles. The first-order chi connectivity index (χ1) is 7.16. The highest BCUT2D eigenvalue weighted by Crippen LogP contribution is 2.28. The maximum absolute atomic E-state index is 9.76. The number of rotatable bonds is 4. The molecule has 0 spiro atoms. The Morgan fingerprint density at radius 2 is 1.93 bits per heavy atom. The Bertz CT molecular complexity index is 356. The fraction of sp³-hybridized carbons (Fsp3) is 0.538. The van der Waals surface area contributed by atoms with Crippen LogP contribution >= 0.6 is 0 Å². The molecule has 2 rings (SSSR count). The van der Waals surface area contributed by atoms with Crippen LogP contribution in [0.3, 0.4) is 0 Å². The molecule has 2 heteroatoms. The van der Waals surface area contributed by atoms with E-state index in [1.807, 2.05) is 13.0 Å². The third-order valence-corrected chi connectivity index (χ3v) is 3.14. The second-order valence-electron chi connectivity index (χ2n) is 4.64. The van der Waals surface area contributed by atoms with Crippen molar-refractivity contribution in [3.05, 3.63) is 28.8 Å². The molecular formula is C13H19NO. The zero-order chi connectivity index (χ0) is 10.8. The monoisotopic (exact) mass is 205 g/mol. The standard InChI is InChI=1S/C13H19NO/c1-9-5-12(13(15)6-10(9)2)8-14-7-11-3-4-11/h5-6,11,14-15H,3-4,7-8H2,1-2H3. The van der Waals surface area contributed by atoms with Gasteiger partial charge in [0, 0.05) is 12.1 Å². The Hall–Kier alpha value is -1.02. The number of aryl methyl sites for hydroxylation is 2. The summed E-state index contributed by atoms with van der Waals surface area (Å²) < 4.78 is 0. The van der Waals surface area contributed by atoms with E-state index in [9.17, 15) is 5.11 Å². The average Bonchev–Trinajstić information content (AvgIpc) is 2.97. The van der Waals surface area contributed by atoms with Gasteiger partial charge in [0.1, 0.15) is 5.75 Å². The Morgan fingerprint density at radius 3 is 2.60 bits per heavy atom. The second-order valence-corrected chi connectivity index (χ2v) is 4.64. The highest BCUT2D eigenvalue weighted by molar-refractivity contribution is 5.40. The Balaban J connectivity index is 1.96. The average molecular weight is 205 g/mol. The van der Waals surface area contributed by atoms with Crippen molar-refractivity contribution in [1.29, 1.82) is 0 Å². The summed E-state index contributed by atoms with van der Waals surface area (Å²) in [5, 5.41) is 13.1. The van der Waals surface area contributed by atoms with E-state index in [-0.39, 0.29) is 0 Å². The van der Waals surface area contributed by atoms with Gasteiger partial charge in [-0.15, -0.1) is 0 Å². The lowest BCUT2D eigenvalue weighted by molar-refractivity contribution is 0.463. The normalized spacial score (nSPS) is 15.6. The van der Waals surface area contributed by atoms with Crippen LogP contribution in [0.15, 0.2) is 12.1 Å². The van der Waals surface area contributed by atoms with Crippen molar-refractivity contribution in [2.24, 2.45) is 5.92 Å². The number of nitrogens with one attached hydrogen (secondary N) is 1. The number of phenols is 1. The third kappa shape index (κ3) is 2.72. The summed E-state index contributed by atoms with van der Waals surface area (Å²) in [6, 6.07) is 3.92. The molecule has 1 aromatic carbocycles. The lowest BCUT2D eigenvalue weighted by Gasteiger charge is -2.09. The maximum atomic E-state index is 9.76. The Morgan fingerprint density at radius 1 is 1.27 bits per heavy atom. The molecule has 82 valence electrons. The van der Waals surface area contributed by atoms with Gasteiger partial charge < -0.3 is 10.4 Å². The van der Waals surface area contributed by atoms with Crippen molar-refractivity contribution in [3.63, 3.8) is 0 Å². The third-order valence-electron chi connectivity index (χ3n) is 3.14. The molecule has 1 aromatic rings. The number of aromatic hydroxyl groups is 1. The molecule has 0 amide bonds. The molecule has 0 atom stereocenters. The zero-order valence-corrected chi connectivity index (χ0v) is 9.51. The molecule has 0 unspecified atom stereocenters. The first kappa shape index (κ1) is 10.5. The lowest BCUT2D eigenvalue weighted by atomic mass is 10.1. The minimum Gasteiger partial charge on any atom is -0.508 e. The van der Waals surface area contributed by atoms with Crippen LogP contribution in [-0.2, 0) is 6.54 Å². The van der Waals surface area contributed by atoms with E-state index in [0.29, 0.717) is 5.75 Å². The number of phenolic OH excluding ortho intramolecular Hbond substituents is 1. The second kappa shape index (κ2) is 4.23. The van der Waals surface area contributed by atoms with Gasteiger partial charge in [-0.1, -0.05) is 6.07 Å². The molecule has 2 nitrogen and oxygen atoms in total. The van der Waals surface area contributed by atoms with Crippen molar-refractivity contribution in [2.75, 3.05) is 6.54 Å². The molecule has 2 N–H and O–H groups in total. The van der Waals surface area contributed by atoms with Gasteiger partial charge >= 0.3 is 0 Å². The molecule has 1 aliphatic carbocycles. The van der Waals surface area contributed by atoms with Crippen molar-refractivity contribution in [3.8, 4) is 5.75 Å². The van der Waals surface area contributed by atoms with Gasteiger partial charge in [-0.3, -0.25) is 0 Å². The molecule has 1 fully saturated rings. The minimum absolute atomic E-state index is 0.418. The molecule has 0 aliphatic heterocycles. The Labute approximate surface area is 91.3 Å². The highest BCUT2D eigenvalue weighted by Gasteiger charge is 2.20. The van der Waals surface area contributed by atoms with Crippen LogP contribution in [0.5, 0.6) is 5.75 Å². The van der Waals surface area contributed by atoms with Crippen molar-refractivity contribution in [1.82, 2.24) is 5.32 Å². The summed E-state index contributed by atoms with van der Waals surface area (Å²) >= 11 is 0. The topological polar surface area (TPSA) is 32.3 Å². The predicted molar refractivity (Wildman–Crippen MR) is 62.0 cm³/mol. The van der Waals surface area contributed by atoms with E-state index in [4.69, 9.17) is 0 Å². The van der Waals surface area contributed by atoms with Gasteiger partial charge in [0.05, 0.1) is 0 Å². The van der Waals surface area contributed by atoms with Crippen LogP contribution in [0.25, 0.3) is 0 Å². The highest BCUT2D eigenvalue weighted by atomic mass is 16.3. The summed E-state index contributed by atoms with van der Waals surface area (Å²) in [6.07, 6.45) is 2.73. The SMILES string of the molecule is Cc1cc(O)c(CNCC2CC2)cc1C. The summed E-state index contributed by atoms with van der Waals surface area (Å²) in [6.45, 7) is 5.98. The maximum Gasteiger partial charge on any atom is 0.120 e. The van der Waals surface area contributed by atoms with Crippen LogP contribution in [0, 0.1) is 19.8 Å². The quantitative estimate of drug-likeness (QED) is 0.791. The lowest BCUT2D eigenvalue weighted by Crippen LogP contribution is -2.16. The number of hydrogen-bond acceptors (Lipinski definition) is 2. The van der Waals surface area contributed by atoms with Crippen molar-refractivity contribution >= 4 is 0 Å². The Kier molecular flexibility index (Phi) is 2.96. The zero-order valence-electron chi connectivity index (χ0n) is 9.51. The first-order valence-corrected chi connectivity index (χ1v) is 5.66. The minimum atomic E-state index is 0.418. The molecule has 0 aromatic heterocycles. The molecule has 0 radical (unpaired) electrons. The largest absolute Gasteiger partial charge is 0.508 e. The van der Waals surface area contributed by atoms with Gasteiger partial charge in [0.15, 0.2) is 0 Å². The van der Waals surface area contributed by atoms with Gasteiger partial charge in [-0.05, 0) is 56.3 Å². The molecular weight excluding hydrogens is 186 g/mol. The smallest absolute Gasteiger partial charge is 0.120 e.